The van der Waals surface area contributed by atoms with Crippen LogP contribution in [-0.2, 0) is 9.53 Å². The van der Waals surface area contributed by atoms with E-state index < -0.39 is 12.1 Å². The maximum atomic E-state index is 11.9. The van der Waals surface area contributed by atoms with Crippen LogP contribution in [0.1, 0.15) is 24.5 Å². The van der Waals surface area contributed by atoms with E-state index in [2.05, 4.69) is 14.1 Å². The number of esters is 1. The van der Waals surface area contributed by atoms with Gasteiger partial charge in [0.25, 0.3) is 0 Å². The zero-order valence-electron chi connectivity index (χ0n) is 11.6. The number of ether oxygens (including phenoxy) is 1. The van der Waals surface area contributed by atoms with Gasteiger partial charge in [0, 0.05) is 6.42 Å². The fourth-order valence-electron chi connectivity index (χ4n) is 2.58. The maximum Gasteiger partial charge on any atom is 0.340 e. The highest BCUT2D eigenvalue weighted by atomic mass is 16.6. The maximum absolute atomic E-state index is 11.9. The van der Waals surface area contributed by atoms with Crippen molar-refractivity contribution in [3.63, 3.8) is 0 Å². The zero-order chi connectivity index (χ0) is 13.9. The quantitative estimate of drug-likeness (QED) is 0.665. The fraction of sp³-hybridized carbons (Fsp3) is 0.533. The molecule has 1 aliphatic rings. The average molecular weight is 264 g/mol. The molecule has 1 heterocycles. The highest BCUT2D eigenvalue weighted by molar-refractivity contribution is 5.76. The lowest BCUT2D eigenvalue weighted by Gasteiger charge is -2.37. The Morgan fingerprint density at radius 3 is 2.68 bits per heavy atom. The van der Waals surface area contributed by atoms with Crippen molar-refractivity contribution in [3.8, 4) is 0 Å². The second-order valence-corrected chi connectivity index (χ2v) is 5.86. The summed E-state index contributed by atoms with van der Waals surface area (Å²) >= 11 is 0. The number of piperidine rings is 1. The number of hydrogen-bond donors (Lipinski definition) is 1. The van der Waals surface area contributed by atoms with Gasteiger partial charge in [-0.3, -0.25) is 0 Å². The van der Waals surface area contributed by atoms with E-state index in [1.165, 1.54) is 0 Å². The molecule has 1 saturated heterocycles. The van der Waals surface area contributed by atoms with E-state index in [-0.39, 0.29) is 6.10 Å². The second kappa shape index (κ2) is 5.72. The van der Waals surface area contributed by atoms with Crippen LogP contribution in [0, 0.1) is 0 Å². The summed E-state index contributed by atoms with van der Waals surface area (Å²) in [6, 6.07) is 8.90. The lowest BCUT2D eigenvalue weighted by molar-refractivity contribution is -0.898. The Balaban J connectivity index is 1.94. The van der Waals surface area contributed by atoms with Crippen molar-refractivity contribution in [1.29, 1.82) is 0 Å². The third-order valence-corrected chi connectivity index (χ3v) is 3.61. The lowest BCUT2D eigenvalue weighted by Crippen LogP contribution is -2.50. The SMILES string of the molecule is C[N+]1(C)CCC[C@@H](OC(=O)[C@H](O)c2ccccc2)C1. The standard InChI is InChI=1S/C15H22NO3/c1-16(2)10-6-9-13(11-16)19-15(18)14(17)12-7-4-3-5-8-12/h3-5,7-8,13-14,17H,6,9-11H2,1-2H3/q+1/t13-,14-/m1/s1. The van der Waals surface area contributed by atoms with Crippen LogP contribution in [0.2, 0.25) is 0 Å². The van der Waals surface area contributed by atoms with E-state index in [4.69, 9.17) is 4.74 Å². The molecule has 0 aliphatic carbocycles. The first-order valence-corrected chi connectivity index (χ1v) is 6.73. The van der Waals surface area contributed by atoms with Crippen molar-refractivity contribution < 1.29 is 19.1 Å². The number of nitrogens with zero attached hydrogens (tertiary/aromatic N) is 1. The summed E-state index contributed by atoms with van der Waals surface area (Å²) in [5.41, 5.74) is 0.581. The summed E-state index contributed by atoms with van der Waals surface area (Å²) in [5.74, 6) is -0.543. The van der Waals surface area contributed by atoms with Crippen molar-refractivity contribution >= 4 is 5.97 Å². The second-order valence-electron chi connectivity index (χ2n) is 5.86. The molecule has 2 rings (SSSR count). The molecule has 4 heteroatoms. The predicted octanol–water partition coefficient (Wildman–Crippen LogP) is 1.50. The van der Waals surface area contributed by atoms with Crippen molar-refractivity contribution in [2.45, 2.75) is 25.0 Å². The third-order valence-electron chi connectivity index (χ3n) is 3.61. The molecular formula is C15H22NO3+. The van der Waals surface area contributed by atoms with E-state index in [1.807, 2.05) is 6.07 Å². The molecule has 1 aromatic rings. The number of aliphatic hydroxyl groups excluding tert-OH is 1. The molecule has 4 nitrogen and oxygen atoms in total. The molecule has 1 N–H and O–H groups in total. The molecule has 0 radical (unpaired) electrons. The van der Waals surface area contributed by atoms with Crippen molar-refractivity contribution in [2.75, 3.05) is 27.2 Å². The lowest BCUT2D eigenvalue weighted by atomic mass is 10.1. The van der Waals surface area contributed by atoms with Crippen LogP contribution in [-0.4, -0.2) is 48.8 Å². The molecule has 0 unspecified atom stereocenters. The Bertz CT molecular complexity index is 430. The fourth-order valence-corrected chi connectivity index (χ4v) is 2.58. The molecule has 0 spiro atoms. The molecule has 19 heavy (non-hydrogen) atoms. The summed E-state index contributed by atoms with van der Waals surface area (Å²) in [7, 11) is 4.27. The number of likely N-dealkylation sites (N-methyl/N-ethyl adjacent to an activating group) is 1. The van der Waals surface area contributed by atoms with Gasteiger partial charge < -0.3 is 14.3 Å². The van der Waals surface area contributed by atoms with Crippen LogP contribution < -0.4 is 0 Å². The van der Waals surface area contributed by atoms with Crippen LogP contribution in [0.3, 0.4) is 0 Å². The van der Waals surface area contributed by atoms with Crippen molar-refractivity contribution in [2.24, 2.45) is 0 Å². The number of likely N-dealkylation sites (tertiary alicyclic amines) is 1. The van der Waals surface area contributed by atoms with Crippen LogP contribution in [0.25, 0.3) is 0 Å². The van der Waals surface area contributed by atoms with E-state index in [0.717, 1.165) is 30.4 Å². The summed E-state index contributed by atoms with van der Waals surface area (Å²) in [6.45, 7) is 1.92. The molecule has 0 saturated carbocycles. The predicted molar refractivity (Wildman–Crippen MR) is 72.4 cm³/mol. The Hall–Kier alpha value is -1.39. The largest absolute Gasteiger partial charge is 0.454 e. The van der Waals surface area contributed by atoms with Gasteiger partial charge in [-0.2, -0.15) is 0 Å². The van der Waals surface area contributed by atoms with Gasteiger partial charge in [0.1, 0.15) is 6.54 Å². The van der Waals surface area contributed by atoms with Gasteiger partial charge >= 0.3 is 5.97 Å². The molecule has 0 aromatic heterocycles. The number of aliphatic hydroxyl groups is 1. The minimum atomic E-state index is -1.18. The Kier molecular flexibility index (Phi) is 4.22. The van der Waals surface area contributed by atoms with E-state index in [0.29, 0.717) is 5.56 Å². The van der Waals surface area contributed by atoms with Crippen molar-refractivity contribution in [3.05, 3.63) is 35.9 Å². The van der Waals surface area contributed by atoms with Gasteiger partial charge in [0.2, 0.25) is 0 Å². The summed E-state index contributed by atoms with van der Waals surface area (Å²) in [5, 5.41) is 9.97. The molecule has 0 amide bonds. The first-order chi connectivity index (χ1) is 8.98. The number of benzene rings is 1. The van der Waals surface area contributed by atoms with Crippen LogP contribution in [0.15, 0.2) is 30.3 Å². The van der Waals surface area contributed by atoms with Gasteiger partial charge in [-0.25, -0.2) is 4.79 Å². The molecule has 1 aliphatic heterocycles. The normalized spacial score (nSPS) is 23.6. The van der Waals surface area contributed by atoms with E-state index in [1.54, 1.807) is 24.3 Å². The molecule has 1 fully saturated rings. The minimum absolute atomic E-state index is 0.0883. The highest BCUT2D eigenvalue weighted by Crippen LogP contribution is 2.20. The summed E-state index contributed by atoms with van der Waals surface area (Å²) < 4.78 is 6.30. The van der Waals surface area contributed by atoms with Gasteiger partial charge in [0.15, 0.2) is 12.2 Å². The minimum Gasteiger partial charge on any atom is -0.454 e. The zero-order valence-corrected chi connectivity index (χ0v) is 11.6. The van der Waals surface area contributed by atoms with Gasteiger partial charge in [0.05, 0.1) is 20.6 Å². The molecule has 0 bridgehead atoms. The molecule has 104 valence electrons. The Morgan fingerprint density at radius 2 is 2.05 bits per heavy atom. The van der Waals surface area contributed by atoms with Crippen LogP contribution in [0.4, 0.5) is 0 Å². The van der Waals surface area contributed by atoms with E-state index >= 15 is 0 Å². The van der Waals surface area contributed by atoms with E-state index in [9.17, 15) is 9.90 Å². The van der Waals surface area contributed by atoms with Crippen LogP contribution in [0.5, 0.6) is 0 Å². The van der Waals surface area contributed by atoms with Gasteiger partial charge in [-0.05, 0) is 12.0 Å². The van der Waals surface area contributed by atoms with Gasteiger partial charge in [-0.15, -0.1) is 0 Å². The van der Waals surface area contributed by atoms with Crippen LogP contribution >= 0.6 is 0 Å². The third kappa shape index (κ3) is 3.78. The molecule has 1 aromatic carbocycles. The number of carbonyl (C=O) groups is 1. The first-order valence-electron chi connectivity index (χ1n) is 6.73. The van der Waals surface area contributed by atoms with Gasteiger partial charge in [-0.1, -0.05) is 30.3 Å². The average Bonchev–Trinajstić information content (AvgIpc) is 2.37. The Labute approximate surface area is 114 Å². The monoisotopic (exact) mass is 264 g/mol. The summed E-state index contributed by atoms with van der Waals surface area (Å²) in [4.78, 5) is 11.9. The Morgan fingerprint density at radius 1 is 1.37 bits per heavy atom. The number of carbonyl (C=O) groups excluding carboxylic acids is 1. The highest BCUT2D eigenvalue weighted by Gasteiger charge is 2.31. The molecule has 2 atom stereocenters. The topological polar surface area (TPSA) is 46.5 Å². The number of hydrogen-bond acceptors (Lipinski definition) is 3. The smallest absolute Gasteiger partial charge is 0.340 e. The van der Waals surface area contributed by atoms with Crippen molar-refractivity contribution in [1.82, 2.24) is 0 Å². The number of quaternary nitrogens is 1. The first kappa shape index (κ1) is 14.0. The summed E-state index contributed by atoms with van der Waals surface area (Å²) in [6.07, 6.45) is 0.662. The number of rotatable bonds is 3. The molecular weight excluding hydrogens is 242 g/mol.